The Morgan fingerprint density at radius 2 is 1.94 bits per heavy atom. The summed E-state index contributed by atoms with van der Waals surface area (Å²) in [5.41, 5.74) is 1.39. The van der Waals surface area contributed by atoms with Gasteiger partial charge >= 0.3 is 0 Å². The number of piperidine rings is 1. The van der Waals surface area contributed by atoms with Crippen molar-refractivity contribution in [2.75, 3.05) is 40.0 Å². The van der Waals surface area contributed by atoms with Gasteiger partial charge in [-0.25, -0.2) is 0 Å². The molecule has 1 aromatic carbocycles. The molecule has 0 spiro atoms. The molecule has 1 N–H and O–H groups in total. The Morgan fingerprint density at radius 3 is 2.69 bits per heavy atom. The maximum atomic E-state index is 12.7. The van der Waals surface area contributed by atoms with E-state index in [4.69, 9.17) is 14.2 Å². The summed E-state index contributed by atoms with van der Waals surface area (Å²) in [4.78, 5) is 40.0. The van der Waals surface area contributed by atoms with Crippen LogP contribution >= 0.6 is 0 Å². The maximum absolute atomic E-state index is 12.7. The average Bonchev–Trinajstić information content (AvgIpc) is 3.25. The molecule has 0 aromatic heterocycles. The van der Waals surface area contributed by atoms with Gasteiger partial charge in [0.25, 0.3) is 5.91 Å². The maximum Gasteiger partial charge on any atom is 0.255 e. The van der Waals surface area contributed by atoms with Crippen molar-refractivity contribution in [3.63, 3.8) is 0 Å². The van der Waals surface area contributed by atoms with Crippen LogP contribution in [0.2, 0.25) is 0 Å². The Bertz CT molecular complexity index is 865. The van der Waals surface area contributed by atoms with E-state index in [1.807, 2.05) is 6.07 Å². The molecule has 174 valence electrons. The van der Waals surface area contributed by atoms with Crippen LogP contribution in [0.25, 0.3) is 0 Å². The van der Waals surface area contributed by atoms with Gasteiger partial charge in [-0.2, -0.15) is 0 Å². The quantitative estimate of drug-likeness (QED) is 0.447. The summed E-state index contributed by atoms with van der Waals surface area (Å²) >= 11 is 0. The molecule has 9 heteroatoms. The number of benzene rings is 1. The minimum Gasteiger partial charge on any atom is -0.491 e. The van der Waals surface area contributed by atoms with E-state index < -0.39 is 11.9 Å². The second-order valence-electron chi connectivity index (χ2n) is 8.70. The first-order valence-corrected chi connectivity index (χ1v) is 11.2. The normalized spacial score (nSPS) is 25.9. The van der Waals surface area contributed by atoms with Gasteiger partial charge < -0.3 is 24.0 Å². The highest BCUT2D eigenvalue weighted by atomic mass is 16.5. The molecule has 0 bridgehead atoms. The Kier molecular flexibility index (Phi) is 7.07. The zero-order valence-corrected chi connectivity index (χ0v) is 18.7. The molecule has 3 aliphatic rings. The van der Waals surface area contributed by atoms with Crippen molar-refractivity contribution in [2.45, 2.75) is 50.9 Å². The summed E-state index contributed by atoms with van der Waals surface area (Å²) in [6, 6.07) is 5.27. The lowest BCUT2D eigenvalue weighted by Gasteiger charge is -2.29. The van der Waals surface area contributed by atoms with E-state index in [1.54, 1.807) is 12.1 Å². The largest absolute Gasteiger partial charge is 0.491 e. The Morgan fingerprint density at radius 1 is 1.12 bits per heavy atom. The number of likely N-dealkylation sites (tertiary alicyclic amines) is 1. The zero-order chi connectivity index (χ0) is 22.7. The van der Waals surface area contributed by atoms with Crippen LogP contribution in [-0.4, -0.2) is 85.7 Å². The molecule has 1 aromatic rings. The minimum atomic E-state index is -0.611. The number of hydrogen-bond donors (Lipinski definition) is 1. The monoisotopic (exact) mass is 445 g/mol. The van der Waals surface area contributed by atoms with Crippen LogP contribution in [0.4, 0.5) is 0 Å². The number of hydrogen-bond acceptors (Lipinski definition) is 7. The summed E-state index contributed by atoms with van der Waals surface area (Å²) in [6.45, 7) is 5.44. The number of nitrogens with zero attached hydrogens (tertiary/aromatic N) is 2. The third-order valence-corrected chi connectivity index (χ3v) is 6.42. The second-order valence-corrected chi connectivity index (χ2v) is 8.70. The van der Waals surface area contributed by atoms with E-state index in [0.717, 1.165) is 18.5 Å². The fraction of sp³-hybridized carbons (Fsp3) is 0.609. The van der Waals surface area contributed by atoms with Crippen molar-refractivity contribution >= 4 is 17.7 Å². The summed E-state index contributed by atoms with van der Waals surface area (Å²) in [6.07, 6.45) is 1.93. The lowest BCUT2D eigenvalue weighted by molar-refractivity contribution is -0.136. The average molecular weight is 446 g/mol. The van der Waals surface area contributed by atoms with Gasteiger partial charge in [0, 0.05) is 31.1 Å². The molecule has 3 atom stereocenters. The molecule has 4 rings (SSSR count). The first-order chi connectivity index (χ1) is 15.4. The number of carbonyl (C=O) groups excluding carboxylic acids is 3. The van der Waals surface area contributed by atoms with Crippen LogP contribution in [-0.2, 0) is 25.6 Å². The Labute approximate surface area is 188 Å². The van der Waals surface area contributed by atoms with Crippen molar-refractivity contribution in [1.82, 2.24) is 15.1 Å². The third kappa shape index (κ3) is 5.11. The van der Waals surface area contributed by atoms with E-state index >= 15 is 0 Å². The van der Waals surface area contributed by atoms with Crippen LogP contribution in [0.5, 0.6) is 5.75 Å². The Hall–Kier alpha value is -2.49. The van der Waals surface area contributed by atoms with Gasteiger partial charge in [-0.3, -0.25) is 19.7 Å². The number of likely N-dealkylation sites (N-methyl/N-ethyl adjacent to an activating group) is 1. The Balaban J connectivity index is 1.18. The standard InChI is InChI=1S/C23H31N3O6/c1-15-11-18(14-25(15)2)32-10-8-30-7-9-31-17-3-4-19-16(12-17)13-26(23(19)29)20-5-6-21(27)24-22(20)28/h3-4,12,15,18,20H,5-11,13-14H2,1-2H3,(H,24,27,28)/t15-,18-,20?/m1/s1. The summed E-state index contributed by atoms with van der Waals surface area (Å²) in [5, 5.41) is 2.31. The van der Waals surface area contributed by atoms with Crippen LogP contribution in [0, 0.1) is 0 Å². The molecule has 1 unspecified atom stereocenters. The number of fused-ring (bicyclic) bond motifs is 1. The van der Waals surface area contributed by atoms with Crippen LogP contribution in [0.15, 0.2) is 18.2 Å². The number of nitrogens with one attached hydrogen (secondary N) is 1. The predicted octanol–water partition coefficient (Wildman–Crippen LogP) is 0.952. The fourth-order valence-corrected chi connectivity index (χ4v) is 4.49. The molecule has 3 aliphatic heterocycles. The molecule has 3 amide bonds. The SMILES string of the molecule is C[C@@H]1C[C@@H](OCCOCCOc2ccc3c(c2)CN(C2CCC(=O)NC2=O)C3=O)CN1C. The predicted molar refractivity (Wildman–Crippen MR) is 115 cm³/mol. The van der Waals surface area contributed by atoms with Crippen molar-refractivity contribution < 1.29 is 28.6 Å². The zero-order valence-electron chi connectivity index (χ0n) is 18.7. The molecule has 32 heavy (non-hydrogen) atoms. The first kappa shape index (κ1) is 22.7. The fourth-order valence-electron chi connectivity index (χ4n) is 4.49. The van der Waals surface area contributed by atoms with Gasteiger partial charge in [0.2, 0.25) is 11.8 Å². The molecule has 2 saturated heterocycles. The van der Waals surface area contributed by atoms with Gasteiger partial charge in [0.1, 0.15) is 18.4 Å². The smallest absolute Gasteiger partial charge is 0.255 e. The number of carbonyl (C=O) groups is 3. The molecular weight excluding hydrogens is 414 g/mol. The molecule has 9 nitrogen and oxygen atoms in total. The summed E-state index contributed by atoms with van der Waals surface area (Å²) in [7, 11) is 2.11. The highest BCUT2D eigenvalue weighted by molar-refractivity contribution is 6.05. The first-order valence-electron chi connectivity index (χ1n) is 11.2. The minimum absolute atomic E-state index is 0.188. The number of imide groups is 1. The lowest BCUT2D eigenvalue weighted by atomic mass is 10.0. The molecular formula is C23H31N3O6. The van der Waals surface area contributed by atoms with Crippen molar-refractivity contribution in [2.24, 2.45) is 0 Å². The topological polar surface area (TPSA) is 97.4 Å². The molecule has 2 fully saturated rings. The summed E-state index contributed by atoms with van der Waals surface area (Å²) in [5.74, 6) is -0.230. The lowest BCUT2D eigenvalue weighted by Crippen LogP contribution is -2.52. The molecule has 0 saturated carbocycles. The van der Waals surface area contributed by atoms with Gasteiger partial charge in [-0.1, -0.05) is 0 Å². The molecule has 0 radical (unpaired) electrons. The van der Waals surface area contributed by atoms with E-state index in [-0.39, 0.29) is 24.3 Å². The number of rotatable bonds is 9. The molecule has 3 heterocycles. The third-order valence-electron chi connectivity index (χ3n) is 6.42. The number of amides is 3. The number of ether oxygens (including phenoxy) is 3. The molecule has 0 aliphatic carbocycles. The van der Waals surface area contributed by atoms with Crippen LogP contribution < -0.4 is 10.1 Å². The van der Waals surface area contributed by atoms with E-state index in [1.165, 1.54) is 4.90 Å². The second kappa shape index (κ2) is 9.97. The van der Waals surface area contributed by atoms with Gasteiger partial charge in [-0.15, -0.1) is 0 Å². The van der Waals surface area contributed by atoms with Crippen molar-refractivity contribution in [3.8, 4) is 5.75 Å². The van der Waals surface area contributed by atoms with Crippen molar-refractivity contribution in [1.29, 1.82) is 0 Å². The van der Waals surface area contributed by atoms with Gasteiger partial charge in [0.05, 0.1) is 25.9 Å². The van der Waals surface area contributed by atoms with Crippen LogP contribution in [0.3, 0.4) is 0 Å². The van der Waals surface area contributed by atoms with E-state index in [0.29, 0.717) is 56.7 Å². The summed E-state index contributed by atoms with van der Waals surface area (Å²) < 4.78 is 17.2. The van der Waals surface area contributed by atoms with E-state index in [2.05, 4.69) is 24.2 Å². The van der Waals surface area contributed by atoms with Crippen molar-refractivity contribution in [3.05, 3.63) is 29.3 Å². The highest BCUT2D eigenvalue weighted by Gasteiger charge is 2.39. The van der Waals surface area contributed by atoms with Gasteiger partial charge in [-0.05, 0) is 50.6 Å². The van der Waals surface area contributed by atoms with Crippen LogP contribution in [0.1, 0.15) is 42.1 Å². The van der Waals surface area contributed by atoms with Gasteiger partial charge in [0.15, 0.2) is 0 Å². The van der Waals surface area contributed by atoms with E-state index in [9.17, 15) is 14.4 Å². The highest BCUT2D eigenvalue weighted by Crippen LogP contribution is 2.30.